The Labute approximate surface area is 136 Å². The first-order valence-electron chi connectivity index (χ1n) is 7.28. The van der Waals surface area contributed by atoms with Crippen molar-refractivity contribution in [2.75, 3.05) is 13.2 Å². The molecular formula is C18H12O6. The lowest BCUT2D eigenvalue weighted by molar-refractivity contribution is -0.135. The van der Waals surface area contributed by atoms with E-state index in [0.29, 0.717) is 16.5 Å². The Morgan fingerprint density at radius 2 is 1.50 bits per heavy atom. The fraction of sp³-hybridized carbons (Fsp3) is 0.111. The molecule has 24 heavy (non-hydrogen) atoms. The van der Waals surface area contributed by atoms with E-state index in [9.17, 15) is 19.8 Å². The smallest absolute Gasteiger partial charge is 0.342 e. The summed E-state index contributed by atoms with van der Waals surface area (Å²) in [6.45, 7) is -0.297. The minimum Gasteiger partial charge on any atom is -0.508 e. The molecule has 2 aliphatic heterocycles. The van der Waals surface area contributed by atoms with E-state index in [-0.39, 0.29) is 35.9 Å². The van der Waals surface area contributed by atoms with Crippen LogP contribution in [-0.4, -0.2) is 35.4 Å². The molecule has 0 bridgehead atoms. The van der Waals surface area contributed by atoms with Gasteiger partial charge in [-0.15, -0.1) is 0 Å². The van der Waals surface area contributed by atoms with Crippen molar-refractivity contribution in [3.8, 4) is 0 Å². The lowest BCUT2D eigenvalue weighted by atomic mass is 9.94. The number of ether oxygens (including phenoxy) is 2. The fourth-order valence-electron chi connectivity index (χ4n) is 2.99. The quantitative estimate of drug-likeness (QED) is 0.825. The van der Waals surface area contributed by atoms with Crippen LogP contribution >= 0.6 is 0 Å². The van der Waals surface area contributed by atoms with Crippen LogP contribution in [0.15, 0.2) is 47.9 Å². The van der Waals surface area contributed by atoms with Crippen molar-refractivity contribution >= 4 is 33.9 Å². The number of hydrogen-bond acceptors (Lipinski definition) is 6. The number of carbonyl (C=O) groups is 2. The molecule has 0 atom stereocenters. The molecule has 4 rings (SSSR count). The van der Waals surface area contributed by atoms with E-state index in [1.807, 2.05) is 6.07 Å². The number of carbonyl (C=O) groups excluding carboxylic acids is 2. The van der Waals surface area contributed by atoms with Gasteiger partial charge in [-0.2, -0.15) is 0 Å². The van der Waals surface area contributed by atoms with Gasteiger partial charge in [0.25, 0.3) is 0 Å². The molecule has 2 aliphatic rings. The second-order valence-electron chi connectivity index (χ2n) is 5.54. The normalized spacial score (nSPS) is 17.7. The first-order chi connectivity index (χ1) is 11.6. The topological polar surface area (TPSA) is 93.1 Å². The van der Waals surface area contributed by atoms with E-state index < -0.39 is 11.9 Å². The summed E-state index contributed by atoms with van der Waals surface area (Å²) in [4.78, 5) is 23.7. The molecule has 120 valence electrons. The van der Waals surface area contributed by atoms with Gasteiger partial charge in [0.15, 0.2) is 0 Å². The highest BCUT2D eigenvalue weighted by molar-refractivity contribution is 6.23. The van der Waals surface area contributed by atoms with Gasteiger partial charge in [0.05, 0.1) is 0 Å². The van der Waals surface area contributed by atoms with Gasteiger partial charge in [-0.3, -0.25) is 0 Å². The maximum atomic E-state index is 11.9. The van der Waals surface area contributed by atoms with Crippen molar-refractivity contribution in [1.29, 1.82) is 0 Å². The van der Waals surface area contributed by atoms with Crippen LogP contribution in [0.2, 0.25) is 0 Å². The molecular weight excluding hydrogens is 312 g/mol. The second kappa shape index (κ2) is 5.13. The highest BCUT2D eigenvalue weighted by Gasteiger charge is 2.29. The maximum Gasteiger partial charge on any atom is 0.342 e. The number of fused-ring (bicyclic) bond motifs is 1. The average Bonchev–Trinajstić information content (AvgIpc) is 3.08. The van der Waals surface area contributed by atoms with Gasteiger partial charge in [-0.05, 0) is 22.4 Å². The van der Waals surface area contributed by atoms with Crippen LogP contribution in [0.5, 0.6) is 0 Å². The van der Waals surface area contributed by atoms with Crippen LogP contribution in [0, 0.1) is 0 Å². The van der Waals surface area contributed by atoms with Crippen molar-refractivity contribution in [1.82, 2.24) is 0 Å². The predicted molar refractivity (Wildman–Crippen MR) is 85.0 cm³/mol. The van der Waals surface area contributed by atoms with Crippen molar-refractivity contribution in [3.05, 3.63) is 59.0 Å². The Morgan fingerprint density at radius 1 is 0.833 bits per heavy atom. The Balaban J connectivity index is 1.96. The van der Waals surface area contributed by atoms with Crippen LogP contribution in [0.25, 0.3) is 21.9 Å². The number of rotatable bonds is 2. The van der Waals surface area contributed by atoms with Crippen molar-refractivity contribution in [3.63, 3.8) is 0 Å². The Hall–Kier alpha value is -3.28. The third-order valence-electron chi connectivity index (χ3n) is 4.11. The molecule has 2 aromatic rings. The molecule has 6 nitrogen and oxygen atoms in total. The van der Waals surface area contributed by atoms with Crippen LogP contribution in [0.3, 0.4) is 0 Å². The third kappa shape index (κ3) is 2.04. The van der Waals surface area contributed by atoms with E-state index in [1.54, 1.807) is 30.3 Å². The third-order valence-corrected chi connectivity index (χ3v) is 4.11. The summed E-state index contributed by atoms with van der Waals surface area (Å²) in [7, 11) is 0. The number of aliphatic hydroxyl groups is 2. The number of esters is 2. The van der Waals surface area contributed by atoms with Crippen LogP contribution in [0.1, 0.15) is 11.1 Å². The molecule has 0 saturated heterocycles. The van der Waals surface area contributed by atoms with Gasteiger partial charge in [0.2, 0.25) is 0 Å². The summed E-state index contributed by atoms with van der Waals surface area (Å²) < 4.78 is 9.68. The Kier molecular flexibility index (Phi) is 3.06. The Bertz CT molecular complexity index is 967. The van der Waals surface area contributed by atoms with E-state index in [0.717, 1.165) is 5.39 Å². The van der Waals surface area contributed by atoms with Gasteiger partial charge in [-0.25, -0.2) is 9.59 Å². The van der Waals surface area contributed by atoms with E-state index in [1.165, 1.54) is 0 Å². The van der Waals surface area contributed by atoms with Gasteiger partial charge >= 0.3 is 11.9 Å². The van der Waals surface area contributed by atoms with Crippen LogP contribution in [-0.2, 0) is 19.1 Å². The molecule has 0 amide bonds. The summed E-state index contributed by atoms with van der Waals surface area (Å²) >= 11 is 0. The van der Waals surface area contributed by atoms with Crippen molar-refractivity contribution in [2.45, 2.75) is 0 Å². The largest absolute Gasteiger partial charge is 0.508 e. The average molecular weight is 324 g/mol. The number of benzene rings is 2. The molecule has 2 aromatic carbocycles. The first-order valence-corrected chi connectivity index (χ1v) is 7.28. The van der Waals surface area contributed by atoms with E-state index in [2.05, 4.69) is 0 Å². The van der Waals surface area contributed by atoms with Gasteiger partial charge < -0.3 is 19.7 Å². The molecule has 2 heterocycles. The monoisotopic (exact) mass is 324 g/mol. The summed E-state index contributed by atoms with van der Waals surface area (Å²) in [6.07, 6.45) is 0. The summed E-state index contributed by atoms with van der Waals surface area (Å²) in [5, 5.41) is 21.3. The zero-order chi connectivity index (χ0) is 16.8. The van der Waals surface area contributed by atoms with E-state index >= 15 is 0 Å². The number of hydrogen-bond donors (Lipinski definition) is 2. The number of aliphatic hydroxyl groups excluding tert-OH is 2. The minimum atomic E-state index is -0.591. The lowest BCUT2D eigenvalue weighted by Gasteiger charge is -2.09. The molecule has 2 N–H and O–H groups in total. The molecule has 0 fully saturated rings. The molecule has 0 aromatic heterocycles. The lowest BCUT2D eigenvalue weighted by Crippen LogP contribution is -2.01. The van der Waals surface area contributed by atoms with Crippen LogP contribution < -0.4 is 0 Å². The zero-order valence-electron chi connectivity index (χ0n) is 12.4. The number of cyclic esters (lactones) is 2. The standard InChI is InChI=1S/C18H12O6/c19-13-7-23-17(21)15(13)10-5-4-9-2-1-3-11(12(9)6-10)16-14(20)8-24-18(16)22/h1-6,19-20H,7-8H2. The minimum absolute atomic E-state index is 0.110. The zero-order valence-corrected chi connectivity index (χ0v) is 12.4. The highest BCUT2D eigenvalue weighted by atomic mass is 16.6. The van der Waals surface area contributed by atoms with Crippen molar-refractivity contribution < 1.29 is 29.3 Å². The maximum absolute atomic E-state index is 11.9. The van der Waals surface area contributed by atoms with Gasteiger partial charge in [-0.1, -0.05) is 30.3 Å². The summed E-state index contributed by atoms with van der Waals surface area (Å²) in [5.74, 6) is -1.43. The van der Waals surface area contributed by atoms with Gasteiger partial charge in [0, 0.05) is 5.56 Å². The van der Waals surface area contributed by atoms with Gasteiger partial charge in [0.1, 0.15) is 35.9 Å². The molecule has 0 spiro atoms. The molecule has 0 unspecified atom stereocenters. The SMILES string of the molecule is O=C1OCC(O)=C1c1ccc2cccc(C3=C(O)COC3=O)c2c1. The molecule has 6 heteroatoms. The molecule has 0 saturated carbocycles. The van der Waals surface area contributed by atoms with E-state index in [4.69, 9.17) is 9.47 Å². The summed E-state index contributed by atoms with van der Waals surface area (Å²) in [6, 6.07) is 10.5. The molecule has 0 radical (unpaired) electrons. The van der Waals surface area contributed by atoms with Crippen molar-refractivity contribution in [2.24, 2.45) is 0 Å². The second-order valence-corrected chi connectivity index (χ2v) is 5.54. The Morgan fingerprint density at radius 3 is 2.12 bits per heavy atom. The predicted octanol–water partition coefficient (Wildman–Crippen LogP) is 2.49. The summed E-state index contributed by atoms with van der Waals surface area (Å²) in [5.41, 5.74) is 1.23. The van der Waals surface area contributed by atoms with Crippen LogP contribution in [0.4, 0.5) is 0 Å². The first kappa shape index (κ1) is 14.3. The molecule has 0 aliphatic carbocycles. The highest BCUT2D eigenvalue weighted by Crippen LogP contribution is 2.34. The fourth-order valence-corrected chi connectivity index (χ4v) is 2.99.